The van der Waals surface area contributed by atoms with Crippen molar-refractivity contribution < 1.29 is 4.42 Å². The van der Waals surface area contributed by atoms with Crippen molar-refractivity contribution in [2.24, 2.45) is 7.05 Å². The van der Waals surface area contributed by atoms with E-state index >= 15 is 0 Å². The van der Waals surface area contributed by atoms with Crippen LogP contribution in [-0.4, -0.2) is 4.57 Å². The zero-order valence-electron chi connectivity index (χ0n) is 9.50. The number of benzene rings is 1. The molecule has 0 atom stereocenters. The van der Waals surface area contributed by atoms with E-state index < -0.39 is 0 Å². The first-order valence-corrected chi connectivity index (χ1v) is 5.40. The molecule has 0 aliphatic heterocycles. The largest absolute Gasteiger partial charge is 0.429 e. The van der Waals surface area contributed by atoms with E-state index in [2.05, 4.69) is 39.0 Å². The molecule has 0 aliphatic carbocycles. The van der Waals surface area contributed by atoms with E-state index in [4.69, 9.17) is 16.6 Å². The maximum atomic E-state index is 5.51. The highest BCUT2D eigenvalue weighted by Gasteiger charge is 2.15. The van der Waals surface area contributed by atoms with Crippen LogP contribution in [0, 0.1) is 4.84 Å². The van der Waals surface area contributed by atoms with Gasteiger partial charge in [-0.3, -0.25) is 0 Å². The van der Waals surface area contributed by atoms with E-state index in [1.165, 1.54) is 5.56 Å². The second-order valence-electron chi connectivity index (χ2n) is 4.86. The second kappa shape index (κ2) is 3.20. The fourth-order valence-corrected chi connectivity index (χ4v) is 1.79. The Kier molecular flexibility index (Phi) is 2.23. The first-order chi connectivity index (χ1) is 6.89. The van der Waals surface area contributed by atoms with Gasteiger partial charge in [-0.25, -0.2) is 0 Å². The quantitative estimate of drug-likeness (QED) is 0.630. The lowest BCUT2D eigenvalue weighted by Crippen LogP contribution is -2.10. The molecular formula is C12H15NOS. The van der Waals surface area contributed by atoms with Crippen LogP contribution in [0.15, 0.2) is 22.6 Å². The minimum Gasteiger partial charge on any atom is -0.429 e. The highest BCUT2D eigenvalue weighted by molar-refractivity contribution is 7.71. The van der Waals surface area contributed by atoms with Gasteiger partial charge < -0.3 is 8.98 Å². The molecule has 0 fully saturated rings. The number of fused-ring (bicyclic) bond motifs is 1. The Morgan fingerprint density at radius 1 is 1.27 bits per heavy atom. The molecule has 0 N–H and O–H groups in total. The van der Waals surface area contributed by atoms with Crippen molar-refractivity contribution >= 4 is 23.3 Å². The molecule has 2 aromatic rings. The van der Waals surface area contributed by atoms with E-state index in [-0.39, 0.29) is 5.41 Å². The fourth-order valence-electron chi connectivity index (χ4n) is 1.60. The summed E-state index contributed by atoms with van der Waals surface area (Å²) in [6, 6.07) is 6.27. The van der Waals surface area contributed by atoms with Gasteiger partial charge in [0, 0.05) is 7.05 Å². The Hall–Kier alpha value is -1.09. The van der Waals surface area contributed by atoms with Gasteiger partial charge >= 0.3 is 0 Å². The summed E-state index contributed by atoms with van der Waals surface area (Å²) in [5.41, 5.74) is 3.32. The molecule has 0 unspecified atom stereocenters. The van der Waals surface area contributed by atoms with Gasteiger partial charge in [0.2, 0.25) is 0 Å². The first kappa shape index (κ1) is 10.4. The topological polar surface area (TPSA) is 18.1 Å². The summed E-state index contributed by atoms with van der Waals surface area (Å²) < 4.78 is 7.40. The van der Waals surface area contributed by atoms with Crippen LogP contribution in [0.25, 0.3) is 11.1 Å². The Labute approximate surface area is 94.5 Å². The van der Waals surface area contributed by atoms with Gasteiger partial charge in [0.25, 0.3) is 4.84 Å². The first-order valence-electron chi connectivity index (χ1n) is 4.99. The lowest BCUT2D eigenvalue weighted by molar-refractivity contribution is 0.554. The average Bonchev–Trinajstić information content (AvgIpc) is 2.41. The molecule has 1 aromatic carbocycles. The molecular weight excluding hydrogens is 206 g/mol. The maximum absolute atomic E-state index is 5.51. The van der Waals surface area contributed by atoms with Crippen molar-refractivity contribution in [2.75, 3.05) is 0 Å². The normalized spacial score (nSPS) is 12.3. The molecule has 0 amide bonds. The van der Waals surface area contributed by atoms with Gasteiger partial charge in [-0.15, -0.1) is 0 Å². The van der Waals surface area contributed by atoms with Crippen molar-refractivity contribution in [3.63, 3.8) is 0 Å². The Morgan fingerprint density at radius 3 is 2.53 bits per heavy atom. The number of hydrogen-bond acceptors (Lipinski definition) is 2. The summed E-state index contributed by atoms with van der Waals surface area (Å²) in [7, 11) is 1.92. The van der Waals surface area contributed by atoms with Crippen LogP contribution in [0.1, 0.15) is 26.3 Å². The van der Waals surface area contributed by atoms with Crippen molar-refractivity contribution in [3.05, 3.63) is 28.6 Å². The van der Waals surface area contributed by atoms with Crippen LogP contribution >= 0.6 is 12.2 Å². The standard InChI is InChI=1S/C12H15NOS/c1-12(2,3)8-5-6-9-10(7-8)14-11(15)13(9)4/h5-7H,1-4H3. The SMILES string of the molecule is Cn1c(=S)oc2cc(C(C)(C)C)ccc21. The van der Waals surface area contributed by atoms with Gasteiger partial charge in [-0.2, -0.15) is 0 Å². The molecule has 0 saturated carbocycles. The second-order valence-corrected chi connectivity index (χ2v) is 5.21. The van der Waals surface area contributed by atoms with Gasteiger partial charge in [0.1, 0.15) is 0 Å². The average molecular weight is 221 g/mol. The Morgan fingerprint density at radius 2 is 1.93 bits per heavy atom. The van der Waals surface area contributed by atoms with Crippen molar-refractivity contribution in [1.29, 1.82) is 0 Å². The predicted octanol–water partition coefficient (Wildman–Crippen LogP) is 3.80. The third kappa shape index (κ3) is 1.72. The highest BCUT2D eigenvalue weighted by atomic mass is 32.1. The minimum absolute atomic E-state index is 0.140. The zero-order chi connectivity index (χ0) is 11.2. The summed E-state index contributed by atoms with van der Waals surface area (Å²) in [6.45, 7) is 6.56. The number of aryl methyl sites for hydroxylation is 1. The molecule has 3 heteroatoms. The fraction of sp³-hybridized carbons (Fsp3) is 0.417. The summed E-state index contributed by atoms with van der Waals surface area (Å²) in [6.07, 6.45) is 0. The van der Waals surface area contributed by atoms with Crippen molar-refractivity contribution in [1.82, 2.24) is 4.57 Å². The van der Waals surface area contributed by atoms with Crippen LogP contribution in [-0.2, 0) is 12.5 Å². The monoisotopic (exact) mass is 221 g/mol. The number of oxazole rings is 1. The summed E-state index contributed by atoms with van der Waals surface area (Å²) >= 11 is 5.09. The Balaban J connectivity index is 2.73. The van der Waals surface area contributed by atoms with Gasteiger partial charge in [-0.05, 0) is 35.3 Å². The highest BCUT2D eigenvalue weighted by Crippen LogP contribution is 2.26. The third-order valence-corrected chi connectivity index (χ3v) is 3.02. The van der Waals surface area contributed by atoms with Gasteiger partial charge in [0.15, 0.2) is 5.58 Å². The molecule has 0 radical (unpaired) electrons. The van der Waals surface area contributed by atoms with Crippen LogP contribution in [0.3, 0.4) is 0 Å². The molecule has 2 nitrogen and oxygen atoms in total. The number of aromatic nitrogens is 1. The number of rotatable bonds is 0. The van der Waals surface area contributed by atoms with E-state index in [1.54, 1.807) is 0 Å². The van der Waals surface area contributed by atoms with Gasteiger partial charge in [-0.1, -0.05) is 26.8 Å². The molecule has 15 heavy (non-hydrogen) atoms. The molecule has 0 aliphatic rings. The van der Waals surface area contributed by atoms with Crippen molar-refractivity contribution in [2.45, 2.75) is 26.2 Å². The molecule has 0 saturated heterocycles. The summed E-state index contributed by atoms with van der Waals surface area (Å²) in [5, 5.41) is 0. The van der Waals surface area contributed by atoms with E-state index in [0.717, 1.165) is 11.1 Å². The molecule has 1 heterocycles. The van der Waals surface area contributed by atoms with Crippen molar-refractivity contribution in [3.8, 4) is 0 Å². The Bertz CT molecular complexity index is 557. The number of nitrogens with zero attached hydrogens (tertiary/aromatic N) is 1. The smallest absolute Gasteiger partial charge is 0.269 e. The van der Waals surface area contributed by atoms with Crippen LogP contribution in [0.2, 0.25) is 0 Å². The van der Waals surface area contributed by atoms with Crippen LogP contribution in [0.5, 0.6) is 0 Å². The minimum atomic E-state index is 0.140. The molecule has 0 spiro atoms. The maximum Gasteiger partial charge on any atom is 0.269 e. The van der Waals surface area contributed by atoms with Crippen LogP contribution < -0.4 is 0 Å². The predicted molar refractivity (Wildman–Crippen MR) is 64.7 cm³/mol. The summed E-state index contributed by atoms with van der Waals surface area (Å²) in [5.74, 6) is 0. The third-order valence-electron chi connectivity index (χ3n) is 2.66. The molecule has 1 aromatic heterocycles. The van der Waals surface area contributed by atoms with Gasteiger partial charge in [0.05, 0.1) is 5.52 Å². The molecule has 0 bridgehead atoms. The molecule has 80 valence electrons. The van der Waals surface area contributed by atoms with Crippen LogP contribution in [0.4, 0.5) is 0 Å². The lowest BCUT2D eigenvalue weighted by atomic mass is 9.87. The van der Waals surface area contributed by atoms with E-state index in [9.17, 15) is 0 Å². The zero-order valence-corrected chi connectivity index (χ0v) is 10.3. The molecule has 2 rings (SSSR count). The van der Waals surface area contributed by atoms with E-state index in [1.807, 2.05) is 11.6 Å². The van der Waals surface area contributed by atoms with E-state index in [0.29, 0.717) is 4.84 Å². The summed E-state index contributed by atoms with van der Waals surface area (Å²) in [4.78, 5) is 0.524. The number of hydrogen-bond donors (Lipinski definition) is 0. The lowest BCUT2D eigenvalue weighted by Gasteiger charge is -2.18.